The lowest BCUT2D eigenvalue weighted by atomic mass is 9.84. The molecule has 1 heterocycles. The van der Waals surface area contributed by atoms with Crippen molar-refractivity contribution in [2.75, 3.05) is 7.05 Å². The Hall–Kier alpha value is -1.68. The third-order valence-corrected chi connectivity index (χ3v) is 4.21. The molecule has 0 amide bonds. The quantitative estimate of drug-likeness (QED) is 0.930. The van der Waals surface area contributed by atoms with Crippen LogP contribution >= 0.6 is 0 Å². The van der Waals surface area contributed by atoms with E-state index in [1.54, 1.807) is 0 Å². The van der Waals surface area contributed by atoms with Crippen molar-refractivity contribution in [2.45, 2.75) is 44.6 Å². The van der Waals surface area contributed by atoms with Gasteiger partial charge in [-0.25, -0.2) is 0 Å². The second-order valence-electron chi connectivity index (χ2n) is 5.61. The topological polar surface area (TPSA) is 51.0 Å². The van der Waals surface area contributed by atoms with Gasteiger partial charge in [0.05, 0.1) is 5.92 Å². The lowest BCUT2D eigenvalue weighted by Crippen LogP contribution is -2.34. The van der Waals surface area contributed by atoms with E-state index in [0.29, 0.717) is 17.8 Å². The molecule has 4 heteroatoms. The molecule has 0 radical (unpaired) electrons. The Morgan fingerprint density at radius 2 is 1.90 bits per heavy atom. The summed E-state index contributed by atoms with van der Waals surface area (Å²) >= 11 is 0. The first kappa shape index (κ1) is 13.3. The van der Waals surface area contributed by atoms with Crippen LogP contribution in [0.25, 0.3) is 11.4 Å². The average molecular weight is 271 g/mol. The Balaban J connectivity index is 1.84. The minimum atomic E-state index is 0.348. The number of likely N-dealkylation sites (N-methyl/N-ethyl adjacent to an activating group) is 1. The van der Waals surface area contributed by atoms with E-state index in [9.17, 15) is 0 Å². The van der Waals surface area contributed by atoms with Gasteiger partial charge in [0.15, 0.2) is 0 Å². The number of hydrogen-bond donors (Lipinski definition) is 1. The van der Waals surface area contributed by atoms with Crippen molar-refractivity contribution in [3.63, 3.8) is 0 Å². The van der Waals surface area contributed by atoms with Crippen LogP contribution in [-0.4, -0.2) is 23.2 Å². The Kier molecular flexibility index (Phi) is 3.83. The standard InChI is InChI=1S/C16H21N3O/c1-11-7-9-12(10-8-11)15-18-16(20-19-15)13-5-3-4-6-14(13)17-2/h7-10,13-14,17H,3-6H2,1-2H3. The minimum Gasteiger partial charge on any atom is -0.339 e. The SMILES string of the molecule is CNC1CCCCC1c1nc(-c2ccc(C)cc2)no1. The van der Waals surface area contributed by atoms with E-state index in [1.165, 1.54) is 24.8 Å². The van der Waals surface area contributed by atoms with Crippen LogP contribution in [0.1, 0.15) is 43.1 Å². The Morgan fingerprint density at radius 3 is 2.65 bits per heavy atom. The first-order valence-corrected chi connectivity index (χ1v) is 7.36. The fourth-order valence-electron chi connectivity index (χ4n) is 2.98. The summed E-state index contributed by atoms with van der Waals surface area (Å²) in [5.41, 5.74) is 2.25. The van der Waals surface area contributed by atoms with Crippen LogP contribution < -0.4 is 5.32 Å². The van der Waals surface area contributed by atoms with Crippen LogP contribution in [0.4, 0.5) is 0 Å². The second kappa shape index (κ2) is 5.75. The van der Waals surface area contributed by atoms with Crippen LogP contribution in [0.5, 0.6) is 0 Å². The van der Waals surface area contributed by atoms with Gasteiger partial charge in [-0.05, 0) is 26.8 Å². The first-order valence-electron chi connectivity index (χ1n) is 7.36. The zero-order chi connectivity index (χ0) is 13.9. The third kappa shape index (κ3) is 2.61. The van der Waals surface area contributed by atoms with Gasteiger partial charge >= 0.3 is 0 Å². The summed E-state index contributed by atoms with van der Waals surface area (Å²) in [7, 11) is 2.01. The highest BCUT2D eigenvalue weighted by atomic mass is 16.5. The summed E-state index contributed by atoms with van der Waals surface area (Å²) in [6, 6.07) is 8.68. The number of benzene rings is 1. The van der Waals surface area contributed by atoms with Gasteiger partial charge in [-0.2, -0.15) is 4.98 Å². The molecule has 1 N–H and O–H groups in total. The van der Waals surface area contributed by atoms with Crippen molar-refractivity contribution < 1.29 is 4.52 Å². The molecule has 3 rings (SSSR count). The summed E-state index contributed by atoms with van der Waals surface area (Å²) in [6.07, 6.45) is 4.83. The molecule has 1 aromatic heterocycles. The Morgan fingerprint density at radius 1 is 1.15 bits per heavy atom. The number of hydrogen-bond acceptors (Lipinski definition) is 4. The molecule has 0 saturated heterocycles. The predicted octanol–water partition coefficient (Wildman–Crippen LogP) is 3.29. The molecule has 1 aliphatic carbocycles. The van der Waals surface area contributed by atoms with Gasteiger partial charge in [0.25, 0.3) is 0 Å². The van der Waals surface area contributed by atoms with E-state index in [2.05, 4.69) is 34.5 Å². The van der Waals surface area contributed by atoms with Gasteiger partial charge < -0.3 is 9.84 Å². The van der Waals surface area contributed by atoms with E-state index in [-0.39, 0.29) is 0 Å². The number of nitrogens with one attached hydrogen (secondary N) is 1. The van der Waals surface area contributed by atoms with Gasteiger partial charge in [-0.3, -0.25) is 0 Å². The van der Waals surface area contributed by atoms with E-state index in [4.69, 9.17) is 4.52 Å². The van der Waals surface area contributed by atoms with Crippen molar-refractivity contribution >= 4 is 0 Å². The number of aromatic nitrogens is 2. The number of aryl methyl sites for hydroxylation is 1. The molecule has 0 spiro atoms. The third-order valence-electron chi connectivity index (χ3n) is 4.21. The van der Waals surface area contributed by atoms with Gasteiger partial charge in [0, 0.05) is 11.6 Å². The fraction of sp³-hybridized carbons (Fsp3) is 0.500. The maximum Gasteiger partial charge on any atom is 0.231 e. The van der Waals surface area contributed by atoms with Crippen LogP contribution in [0.15, 0.2) is 28.8 Å². The number of rotatable bonds is 3. The summed E-state index contributed by atoms with van der Waals surface area (Å²) in [5, 5.41) is 7.53. The van der Waals surface area contributed by atoms with Crippen molar-refractivity contribution in [1.82, 2.24) is 15.5 Å². The smallest absolute Gasteiger partial charge is 0.231 e. The molecule has 0 aliphatic heterocycles. The van der Waals surface area contributed by atoms with Crippen LogP contribution in [-0.2, 0) is 0 Å². The number of nitrogens with zero attached hydrogens (tertiary/aromatic N) is 2. The molecule has 0 bridgehead atoms. The minimum absolute atomic E-state index is 0.348. The molecule has 1 saturated carbocycles. The maximum absolute atomic E-state index is 5.52. The highest BCUT2D eigenvalue weighted by Gasteiger charge is 2.29. The summed E-state index contributed by atoms with van der Waals surface area (Å²) in [4.78, 5) is 4.61. The molecule has 20 heavy (non-hydrogen) atoms. The molecule has 1 aliphatic rings. The van der Waals surface area contributed by atoms with Crippen LogP contribution in [0, 0.1) is 6.92 Å². The summed E-state index contributed by atoms with van der Waals surface area (Å²) < 4.78 is 5.52. The van der Waals surface area contributed by atoms with Crippen LogP contribution in [0.2, 0.25) is 0 Å². The molecule has 2 atom stereocenters. The van der Waals surface area contributed by atoms with Crippen LogP contribution in [0.3, 0.4) is 0 Å². The normalized spacial score (nSPS) is 22.9. The lowest BCUT2D eigenvalue weighted by Gasteiger charge is -2.28. The molecule has 106 valence electrons. The molecule has 2 aromatic rings. The summed E-state index contributed by atoms with van der Waals surface area (Å²) in [6.45, 7) is 2.07. The van der Waals surface area contributed by atoms with E-state index >= 15 is 0 Å². The predicted molar refractivity (Wildman–Crippen MR) is 78.5 cm³/mol. The highest BCUT2D eigenvalue weighted by molar-refractivity contribution is 5.54. The lowest BCUT2D eigenvalue weighted by molar-refractivity contribution is 0.270. The van der Waals surface area contributed by atoms with Gasteiger partial charge in [-0.15, -0.1) is 0 Å². The van der Waals surface area contributed by atoms with Crippen molar-refractivity contribution in [3.05, 3.63) is 35.7 Å². The van der Waals surface area contributed by atoms with E-state index < -0.39 is 0 Å². The van der Waals surface area contributed by atoms with Crippen molar-refractivity contribution in [2.24, 2.45) is 0 Å². The van der Waals surface area contributed by atoms with Crippen molar-refractivity contribution in [1.29, 1.82) is 0 Å². The zero-order valence-corrected chi connectivity index (χ0v) is 12.1. The highest BCUT2D eigenvalue weighted by Crippen LogP contribution is 2.32. The zero-order valence-electron chi connectivity index (χ0n) is 12.1. The molecular formula is C16H21N3O. The van der Waals surface area contributed by atoms with E-state index in [1.807, 2.05) is 19.2 Å². The molecule has 2 unspecified atom stereocenters. The van der Waals surface area contributed by atoms with Gasteiger partial charge in [-0.1, -0.05) is 47.8 Å². The molecule has 4 nitrogen and oxygen atoms in total. The molecule has 1 fully saturated rings. The fourth-order valence-corrected chi connectivity index (χ4v) is 2.98. The summed E-state index contributed by atoms with van der Waals surface area (Å²) in [5.74, 6) is 1.82. The maximum atomic E-state index is 5.52. The van der Waals surface area contributed by atoms with Gasteiger partial charge in [0.2, 0.25) is 11.7 Å². The monoisotopic (exact) mass is 271 g/mol. The molecule has 1 aromatic carbocycles. The Bertz CT molecular complexity index is 561. The second-order valence-corrected chi connectivity index (χ2v) is 5.61. The van der Waals surface area contributed by atoms with Gasteiger partial charge in [0.1, 0.15) is 0 Å². The average Bonchev–Trinajstić information content (AvgIpc) is 2.97. The first-order chi connectivity index (χ1) is 9.78. The van der Waals surface area contributed by atoms with E-state index in [0.717, 1.165) is 17.9 Å². The molecular weight excluding hydrogens is 250 g/mol. The largest absolute Gasteiger partial charge is 0.339 e. The Labute approximate surface area is 119 Å². The van der Waals surface area contributed by atoms with Crippen molar-refractivity contribution in [3.8, 4) is 11.4 Å².